The Balaban J connectivity index is 1.53. The first-order chi connectivity index (χ1) is 13.7. The van der Waals surface area contributed by atoms with Gasteiger partial charge in [0.15, 0.2) is 0 Å². The Hall–Kier alpha value is -3.67. The fourth-order valence-electron chi connectivity index (χ4n) is 3.15. The van der Waals surface area contributed by atoms with E-state index >= 15 is 0 Å². The van der Waals surface area contributed by atoms with Gasteiger partial charge in [-0.2, -0.15) is 5.10 Å². The highest BCUT2D eigenvalue weighted by molar-refractivity contribution is 5.93. The highest BCUT2D eigenvalue weighted by atomic mass is 16.5. The molecular weight excluding hydrogens is 352 g/mol. The minimum atomic E-state index is -0.102. The molecule has 2 aromatic carbocycles. The fraction of sp³-hybridized carbons (Fsp3) is 0.136. The van der Waals surface area contributed by atoms with Gasteiger partial charge in [0.2, 0.25) is 0 Å². The van der Waals surface area contributed by atoms with E-state index in [4.69, 9.17) is 4.74 Å². The molecule has 0 saturated carbocycles. The van der Waals surface area contributed by atoms with Crippen LogP contribution in [0.2, 0.25) is 0 Å². The Morgan fingerprint density at radius 2 is 1.89 bits per heavy atom. The van der Waals surface area contributed by atoms with Crippen LogP contribution in [-0.2, 0) is 6.54 Å². The predicted molar refractivity (Wildman–Crippen MR) is 108 cm³/mol. The molecule has 0 unspecified atom stereocenters. The zero-order valence-corrected chi connectivity index (χ0v) is 15.7. The molecule has 0 spiro atoms. The first kappa shape index (κ1) is 17.7. The largest absolute Gasteiger partial charge is 0.494 e. The van der Waals surface area contributed by atoms with Crippen LogP contribution in [0, 0.1) is 0 Å². The molecule has 28 heavy (non-hydrogen) atoms. The molecule has 6 nitrogen and oxygen atoms in total. The van der Waals surface area contributed by atoms with Gasteiger partial charge in [-0.05, 0) is 29.8 Å². The lowest BCUT2D eigenvalue weighted by Crippen LogP contribution is -2.25. The van der Waals surface area contributed by atoms with Crippen molar-refractivity contribution in [2.45, 2.75) is 6.54 Å². The summed E-state index contributed by atoms with van der Waals surface area (Å²) < 4.78 is 7.02. The number of hydrogen-bond acceptors (Lipinski definition) is 4. The number of aromatic nitrogens is 3. The number of amides is 1. The first-order valence-electron chi connectivity index (χ1n) is 8.93. The fourth-order valence-corrected chi connectivity index (χ4v) is 3.15. The maximum atomic E-state index is 12.8. The van der Waals surface area contributed by atoms with Crippen molar-refractivity contribution >= 4 is 16.8 Å². The number of para-hydroxylation sites is 3. The summed E-state index contributed by atoms with van der Waals surface area (Å²) in [7, 11) is 3.39. The number of methoxy groups -OCH3 is 1. The molecule has 140 valence electrons. The Bertz CT molecular complexity index is 1140. The SMILES string of the molecule is COc1ccccc1-n1cc(C(=O)N(C)Cc2cnc3ccccc3c2)cn1. The maximum absolute atomic E-state index is 12.8. The number of benzene rings is 2. The van der Waals surface area contributed by atoms with Crippen LogP contribution in [-0.4, -0.2) is 39.7 Å². The first-order valence-corrected chi connectivity index (χ1v) is 8.93. The van der Waals surface area contributed by atoms with Gasteiger partial charge in [-0.1, -0.05) is 30.3 Å². The van der Waals surface area contributed by atoms with Crippen LogP contribution in [0.25, 0.3) is 16.6 Å². The topological polar surface area (TPSA) is 60.2 Å². The molecule has 0 atom stereocenters. The van der Waals surface area contributed by atoms with Crippen LogP contribution in [0.15, 0.2) is 73.2 Å². The smallest absolute Gasteiger partial charge is 0.257 e. The molecule has 1 amide bonds. The standard InChI is InChI=1S/C22H20N4O2/c1-25(14-16-11-17-7-3-4-8-19(17)23-12-16)22(27)18-13-24-26(15-18)20-9-5-6-10-21(20)28-2/h3-13,15H,14H2,1-2H3. The third-order valence-corrected chi connectivity index (χ3v) is 4.58. The number of nitrogens with zero attached hydrogens (tertiary/aromatic N) is 4. The number of fused-ring (bicyclic) bond motifs is 1. The Labute approximate surface area is 163 Å². The molecular formula is C22H20N4O2. The molecule has 6 heteroatoms. The quantitative estimate of drug-likeness (QED) is 0.536. The van der Waals surface area contributed by atoms with E-state index in [9.17, 15) is 4.79 Å². The number of pyridine rings is 1. The monoisotopic (exact) mass is 372 g/mol. The normalized spacial score (nSPS) is 10.8. The molecule has 0 fully saturated rings. The molecule has 0 radical (unpaired) electrons. The van der Waals surface area contributed by atoms with Crippen LogP contribution in [0.5, 0.6) is 5.75 Å². The number of carbonyl (C=O) groups is 1. The van der Waals surface area contributed by atoms with Crippen molar-refractivity contribution in [3.05, 3.63) is 84.3 Å². The van der Waals surface area contributed by atoms with E-state index in [1.165, 1.54) is 0 Å². The molecule has 0 aliphatic rings. The summed E-state index contributed by atoms with van der Waals surface area (Å²) in [5.41, 5.74) is 3.22. The van der Waals surface area contributed by atoms with E-state index in [2.05, 4.69) is 16.1 Å². The van der Waals surface area contributed by atoms with Crippen molar-refractivity contribution in [1.29, 1.82) is 0 Å². The van der Waals surface area contributed by atoms with Crippen LogP contribution < -0.4 is 4.74 Å². The van der Waals surface area contributed by atoms with Crippen molar-refractivity contribution in [2.24, 2.45) is 0 Å². The van der Waals surface area contributed by atoms with Crippen molar-refractivity contribution in [3.8, 4) is 11.4 Å². The zero-order valence-electron chi connectivity index (χ0n) is 15.7. The number of carbonyl (C=O) groups excluding carboxylic acids is 1. The molecule has 2 aromatic heterocycles. The van der Waals surface area contributed by atoms with Gasteiger partial charge in [-0.15, -0.1) is 0 Å². The van der Waals surface area contributed by atoms with E-state index in [0.29, 0.717) is 17.9 Å². The van der Waals surface area contributed by atoms with Crippen LogP contribution in [0.3, 0.4) is 0 Å². The summed E-state index contributed by atoms with van der Waals surface area (Å²) in [6.07, 6.45) is 5.10. The summed E-state index contributed by atoms with van der Waals surface area (Å²) >= 11 is 0. The molecule has 0 saturated heterocycles. The Kier molecular flexibility index (Phi) is 4.76. The van der Waals surface area contributed by atoms with E-state index in [1.54, 1.807) is 36.1 Å². The molecule has 0 aliphatic heterocycles. The van der Waals surface area contributed by atoms with Crippen molar-refractivity contribution in [1.82, 2.24) is 19.7 Å². The van der Waals surface area contributed by atoms with Crippen LogP contribution in [0.1, 0.15) is 15.9 Å². The van der Waals surface area contributed by atoms with Crippen molar-refractivity contribution in [2.75, 3.05) is 14.2 Å². The van der Waals surface area contributed by atoms with Gasteiger partial charge in [0, 0.05) is 31.4 Å². The summed E-state index contributed by atoms with van der Waals surface area (Å²) in [5.74, 6) is 0.592. The lowest BCUT2D eigenvalue weighted by atomic mass is 10.1. The molecule has 0 bridgehead atoms. The maximum Gasteiger partial charge on any atom is 0.257 e. The van der Waals surface area contributed by atoms with E-state index in [-0.39, 0.29) is 5.91 Å². The van der Waals surface area contributed by atoms with Gasteiger partial charge >= 0.3 is 0 Å². The van der Waals surface area contributed by atoms with E-state index < -0.39 is 0 Å². The second-order valence-electron chi connectivity index (χ2n) is 6.54. The Morgan fingerprint density at radius 1 is 1.11 bits per heavy atom. The van der Waals surface area contributed by atoms with Gasteiger partial charge < -0.3 is 9.64 Å². The summed E-state index contributed by atoms with van der Waals surface area (Å²) in [6, 6.07) is 17.5. The van der Waals surface area contributed by atoms with Gasteiger partial charge in [-0.25, -0.2) is 4.68 Å². The second kappa shape index (κ2) is 7.52. The predicted octanol–water partition coefficient (Wildman–Crippen LogP) is 3.70. The lowest BCUT2D eigenvalue weighted by Gasteiger charge is -2.16. The average molecular weight is 372 g/mol. The summed E-state index contributed by atoms with van der Waals surface area (Å²) in [5, 5.41) is 5.38. The number of hydrogen-bond donors (Lipinski definition) is 0. The van der Waals surface area contributed by atoms with Gasteiger partial charge in [0.1, 0.15) is 11.4 Å². The van der Waals surface area contributed by atoms with Crippen LogP contribution in [0.4, 0.5) is 0 Å². The Morgan fingerprint density at radius 3 is 2.75 bits per heavy atom. The molecule has 4 rings (SSSR count). The number of rotatable bonds is 5. The van der Waals surface area contributed by atoms with Gasteiger partial charge in [-0.3, -0.25) is 9.78 Å². The average Bonchev–Trinajstić information content (AvgIpc) is 3.23. The minimum absolute atomic E-state index is 0.102. The minimum Gasteiger partial charge on any atom is -0.494 e. The number of ether oxygens (including phenoxy) is 1. The lowest BCUT2D eigenvalue weighted by molar-refractivity contribution is 0.0785. The molecule has 4 aromatic rings. The molecule has 2 heterocycles. The van der Waals surface area contributed by atoms with E-state index in [1.807, 2.05) is 54.7 Å². The highest BCUT2D eigenvalue weighted by Gasteiger charge is 2.16. The third kappa shape index (κ3) is 3.44. The summed E-state index contributed by atoms with van der Waals surface area (Å²) in [4.78, 5) is 19.0. The zero-order chi connectivity index (χ0) is 19.5. The molecule has 0 aliphatic carbocycles. The van der Waals surface area contributed by atoms with Crippen LogP contribution >= 0.6 is 0 Å². The third-order valence-electron chi connectivity index (χ3n) is 4.58. The molecule has 0 N–H and O–H groups in total. The van der Waals surface area contributed by atoms with Gasteiger partial charge in [0.05, 0.1) is 24.4 Å². The van der Waals surface area contributed by atoms with Crippen molar-refractivity contribution in [3.63, 3.8) is 0 Å². The van der Waals surface area contributed by atoms with Gasteiger partial charge in [0.25, 0.3) is 5.91 Å². The highest BCUT2D eigenvalue weighted by Crippen LogP contribution is 2.22. The van der Waals surface area contributed by atoms with E-state index in [0.717, 1.165) is 22.2 Å². The summed E-state index contributed by atoms with van der Waals surface area (Å²) in [6.45, 7) is 0.469. The second-order valence-corrected chi connectivity index (χ2v) is 6.54. The van der Waals surface area contributed by atoms with Crippen molar-refractivity contribution < 1.29 is 9.53 Å².